The molecule has 29 heavy (non-hydrogen) atoms. The van der Waals surface area contributed by atoms with Crippen molar-refractivity contribution in [1.82, 2.24) is 5.32 Å². The topological polar surface area (TPSA) is 97.6 Å². The molecule has 148 valence electrons. The Bertz CT molecular complexity index is 968. The van der Waals surface area contributed by atoms with Crippen molar-refractivity contribution in [2.75, 3.05) is 18.5 Å². The molecule has 3 aromatic rings. The number of furan rings is 1. The molecule has 1 heterocycles. The highest BCUT2D eigenvalue weighted by atomic mass is 16.5. The van der Waals surface area contributed by atoms with Crippen LogP contribution in [0.4, 0.5) is 5.69 Å². The lowest BCUT2D eigenvalue weighted by Crippen LogP contribution is -2.28. The van der Waals surface area contributed by atoms with Gasteiger partial charge in [-0.15, -0.1) is 0 Å². The number of esters is 1. The molecular weight excluding hydrogens is 372 g/mol. The van der Waals surface area contributed by atoms with E-state index in [-0.39, 0.29) is 11.7 Å². The van der Waals surface area contributed by atoms with Gasteiger partial charge in [0, 0.05) is 6.54 Å². The van der Waals surface area contributed by atoms with E-state index < -0.39 is 18.5 Å². The van der Waals surface area contributed by atoms with Gasteiger partial charge in [-0.05, 0) is 36.2 Å². The number of carbonyl (C=O) groups excluding carboxylic acids is 3. The molecule has 7 heteroatoms. The summed E-state index contributed by atoms with van der Waals surface area (Å²) in [6.45, 7) is -0.0324. The number of hydrogen-bond acceptors (Lipinski definition) is 5. The van der Waals surface area contributed by atoms with Crippen LogP contribution in [0.25, 0.3) is 0 Å². The summed E-state index contributed by atoms with van der Waals surface area (Å²) in [7, 11) is 0. The zero-order valence-electron chi connectivity index (χ0n) is 15.6. The molecular formula is C22H20N2O5. The van der Waals surface area contributed by atoms with Gasteiger partial charge in [0.2, 0.25) is 5.76 Å². The lowest BCUT2D eigenvalue weighted by molar-refractivity contribution is -0.119. The number of nitrogens with one attached hydrogen (secondary N) is 2. The maximum atomic E-state index is 12.5. The van der Waals surface area contributed by atoms with Crippen molar-refractivity contribution in [3.63, 3.8) is 0 Å². The van der Waals surface area contributed by atoms with Crippen molar-refractivity contribution >= 4 is 23.5 Å². The van der Waals surface area contributed by atoms with Gasteiger partial charge in [0.05, 0.1) is 17.5 Å². The van der Waals surface area contributed by atoms with Gasteiger partial charge in [0.25, 0.3) is 11.8 Å². The highest BCUT2D eigenvalue weighted by Gasteiger charge is 2.15. The minimum Gasteiger partial charge on any atom is -0.457 e. The van der Waals surface area contributed by atoms with Crippen LogP contribution >= 0.6 is 0 Å². The number of benzene rings is 2. The van der Waals surface area contributed by atoms with E-state index in [9.17, 15) is 14.4 Å². The third-order valence-corrected chi connectivity index (χ3v) is 4.04. The average molecular weight is 392 g/mol. The first-order valence-corrected chi connectivity index (χ1v) is 9.05. The first-order chi connectivity index (χ1) is 14.1. The number of para-hydroxylation sites is 1. The molecule has 0 aliphatic heterocycles. The zero-order chi connectivity index (χ0) is 20.5. The van der Waals surface area contributed by atoms with Crippen molar-refractivity contribution in [3.8, 4) is 0 Å². The SMILES string of the molecule is O=C(COC(=O)c1ccco1)Nc1ccccc1C(=O)NCCc1ccccc1. The maximum Gasteiger partial charge on any atom is 0.374 e. The fourth-order valence-electron chi connectivity index (χ4n) is 2.63. The summed E-state index contributed by atoms with van der Waals surface area (Å²) < 4.78 is 9.80. The van der Waals surface area contributed by atoms with Crippen molar-refractivity contribution in [2.24, 2.45) is 0 Å². The van der Waals surface area contributed by atoms with Crippen LogP contribution in [-0.2, 0) is 16.0 Å². The van der Waals surface area contributed by atoms with Crippen LogP contribution in [0.5, 0.6) is 0 Å². The molecule has 0 aliphatic carbocycles. The van der Waals surface area contributed by atoms with Gasteiger partial charge in [0.1, 0.15) is 0 Å². The molecule has 2 amide bonds. The fourth-order valence-corrected chi connectivity index (χ4v) is 2.63. The van der Waals surface area contributed by atoms with Gasteiger partial charge in [-0.25, -0.2) is 4.79 Å². The number of ether oxygens (including phenoxy) is 1. The van der Waals surface area contributed by atoms with Crippen LogP contribution in [-0.4, -0.2) is 30.9 Å². The monoisotopic (exact) mass is 392 g/mol. The largest absolute Gasteiger partial charge is 0.457 e. The molecule has 0 spiro atoms. The van der Waals surface area contributed by atoms with Crippen molar-refractivity contribution in [1.29, 1.82) is 0 Å². The first-order valence-electron chi connectivity index (χ1n) is 9.05. The van der Waals surface area contributed by atoms with Gasteiger partial charge in [-0.3, -0.25) is 9.59 Å². The van der Waals surface area contributed by atoms with E-state index in [4.69, 9.17) is 9.15 Å². The van der Waals surface area contributed by atoms with E-state index in [1.54, 1.807) is 30.3 Å². The van der Waals surface area contributed by atoms with Crippen LogP contribution in [0.2, 0.25) is 0 Å². The van der Waals surface area contributed by atoms with Crippen molar-refractivity contribution in [3.05, 3.63) is 89.9 Å². The Morgan fingerprint density at radius 2 is 1.66 bits per heavy atom. The number of rotatable bonds is 8. The zero-order valence-corrected chi connectivity index (χ0v) is 15.6. The Morgan fingerprint density at radius 1 is 0.897 bits per heavy atom. The summed E-state index contributed by atoms with van der Waals surface area (Å²) in [6, 6.07) is 19.4. The van der Waals surface area contributed by atoms with Gasteiger partial charge in [0.15, 0.2) is 6.61 Å². The molecule has 1 aromatic heterocycles. The standard InChI is InChI=1S/C22H20N2O5/c25-20(15-29-22(27)19-11-6-14-28-19)24-18-10-5-4-9-17(18)21(26)23-13-12-16-7-2-1-3-8-16/h1-11,14H,12-13,15H2,(H,23,26)(H,24,25). The van der Waals surface area contributed by atoms with Crippen LogP contribution in [0.1, 0.15) is 26.5 Å². The minimum absolute atomic E-state index is 0.0102. The van der Waals surface area contributed by atoms with Crippen LogP contribution in [0.3, 0.4) is 0 Å². The molecule has 2 N–H and O–H groups in total. The second kappa shape index (κ2) is 9.89. The van der Waals surface area contributed by atoms with E-state index >= 15 is 0 Å². The second-order valence-corrected chi connectivity index (χ2v) is 6.14. The van der Waals surface area contributed by atoms with Gasteiger partial charge in [-0.2, -0.15) is 0 Å². The first kappa shape index (κ1) is 19.9. The normalized spacial score (nSPS) is 10.2. The third kappa shape index (κ3) is 5.80. The van der Waals surface area contributed by atoms with E-state index in [1.807, 2.05) is 30.3 Å². The lowest BCUT2D eigenvalue weighted by atomic mass is 10.1. The molecule has 0 aliphatic rings. The summed E-state index contributed by atoms with van der Waals surface area (Å²) >= 11 is 0. The Hall–Kier alpha value is -3.87. The Morgan fingerprint density at radius 3 is 2.41 bits per heavy atom. The molecule has 0 saturated carbocycles. The quantitative estimate of drug-likeness (QED) is 0.574. The summed E-state index contributed by atoms with van der Waals surface area (Å²) in [5, 5.41) is 5.43. The molecule has 0 radical (unpaired) electrons. The van der Waals surface area contributed by atoms with Crippen LogP contribution in [0.15, 0.2) is 77.4 Å². The Kier molecular flexibility index (Phi) is 6.78. The molecule has 0 unspecified atom stereocenters. The number of hydrogen-bond donors (Lipinski definition) is 2. The van der Waals surface area contributed by atoms with Crippen LogP contribution in [0, 0.1) is 0 Å². The summed E-state index contributed by atoms with van der Waals surface area (Å²) in [4.78, 5) is 36.3. The van der Waals surface area contributed by atoms with E-state index in [0.29, 0.717) is 24.2 Å². The molecule has 0 atom stereocenters. The number of carbonyl (C=O) groups is 3. The molecule has 0 saturated heterocycles. The molecule has 0 bridgehead atoms. The predicted molar refractivity (Wildman–Crippen MR) is 107 cm³/mol. The minimum atomic E-state index is -0.739. The van der Waals surface area contributed by atoms with E-state index in [0.717, 1.165) is 5.56 Å². The van der Waals surface area contributed by atoms with Gasteiger partial charge < -0.3 is 19.8 Å². The van der Waals surface area contributed by atoms with Crippen molar-refractivity contribution in [2.45, 2.75) is 6.42 Å². The van der Waals surface area contributed by atoms with E-state index in [2.05, 4.69) is 10.6 Å². The summed E-state index contributed by atoms with van der Waals surface area (Å²) in [5.74, 6) is -1.59. The molecule has 0 fully saturated rings. The molecule has 3 rings (SSSR count). The average Bonchev–Trinajstić information content (AvgIpc) is 3.28. The Labute approximate surface area is 167 Å². The number of amides is 2. The third-order valence-electron chi connectivity index (χ3n) is 4.04. The lowest BCUT2D eigenvalue weighted by Gasteiger charge is -2.11. The fraction of sp³-hybridized carbons (Fsp3) is 0.136. The smallest absolute Gasteiger partial charge is 0.374 e. The molecule has 2 aromatic carbocycles. The number of anilines is 1. The summed E-state index contributed by atoms with van der Waals surface area (Å²) in [5.41, 5.74) is 1.78. The van der Waals surface area contributed by atoms with Crippen molar-refractivity contribution < 1.29 is 23.5 Å². The predicted octanol–water partition coefficient (Wildman–Crippen LogP) is 3.05. The van der Waals surface area contributed by atoms with Gasteiger partial charge >= 0.3 is 5.97 Å². The molecule has 7 nitrogen and oxygen atoms in total. The van der Waals surface area contributed by atoms with Gasteiger partial charge in [-0.1, -0.05) is 42.5 Å². The highest BCUT2D eigenvalue weighted by Crippen LogP contribution is 2.15. The Balaban J connectivity index is 1.53. The second-order valence-electron chi connectivity index (χ2n) is 6.14. The van der Waals surface area contributed by atoms with Crippen LogP contribution < -0.4 is 10.6 Å². The summed E-state index contributed by atoms with van der Waals surface area (Å²) in [6.07, 6.45) is 2.03. The highest BCUT2D eigenvalue weighted by molar-refractivity contribution is 6.04. The maximum absolute atomic E-state index is 12.5. The van der Waals surface area contributed by atoms with E-state index in [1.165, 1.54) is 12.3 Å².